The lowest BCUT2D eigenvalue weighted by Crippen LogP contribution is -2.25. The van der Waals surface area contributed by atoms with Crippen LogP contribution in [-0.2, 0) is 4.79 Å². The van der Waals surface area contributed by atoms with Gasteiger partial charge in [-0.1, -0.05) is 23.4 Å². The molecule has 78 valence electrons. The van der Waals surface area contributed by atoms with Gasteiger partial charge >= 0.3 is 0 Å². The van der Waals surface area contributed by atoms with Gasteiger partial charge in [0.2, 0.25) is 6.41 Å². The van der Waals surface area contributed by atoms with Gasteiger partial charge in [-0.3, -0.25) is 14.7 Å². The van der Waals surface area contributed by atoms with Gasteiger partial charge in [-0.25, -0.2) is 0 Å². The van der Waals surface area contributed by atoms with E-state index in [4.69, 9.17) is 11.6 Å². The molecule has 1 aromatic carbocycles. The normalized spacial score (nSPS) is 14.9. The molecule has 3 nitrogen and oxygen atoms in total. The number of hydrogen-bond donors (Lipinski definition) is 0. The van der Waals surface area contributed by atoms with Crippen molar-refractivity contribution >= 4 is 40.6 Å². The quantitative estimate of drug-likeness (QED) is 0.744. The van der Waals surface area contributed by atoms with E-state index in [0.29, 0.717) is 5.02 Å². The van der Waals surface area contributed by atoms with E-state index >= 15 is 0 Å². The molecule has 0 saturated carbocycles. The molecule has 0 atom stereocenters. The molecule has 1 heterocycles. The van der Waals surface area contributed by atoms with Crippen molar-refractivity contribution in [2.24, 2.45) is 4.99 Å². The maximum Gasteiger partial charge on any atom is 0.220 e. The predicted octanol–water partition coefficient (Wildman–Crippen LogP) is 2.41. The molecule has 0 radical (unpaired) electrons. The molecule has 0 bridgehead atoms. The number of nitrogens with zero attached hydrogens (tertiary/aromatic N) is 2. The van der Waals surface area contributed by atoms with Crippen LogP contribution in [0.5, 0.6) is 0 Å². The van der Waals surface area contributed by atoms with Crippen molar-refractivity contribution in [1.29, 1.82) is 0 Å². The minimum absolute atomic E-state index is 0.658. The summed E-state index contributed by atoms with van der Waals surface area (Å²) in [6.45, 7) is 0.776. The molecule has 0 spiro atoms. The number of aliphatic imine (C=N–C) groups is 1. The topological polar surface area (TPSA) is 32.7 Å². The maximum atomic E-state index is 11.0. The number of hydrogen-bond acceptors (Lipinski definition) is 3. The molecule has 1 aliphatic heterocycles. The first-order valence-corrected chi connectivity index (χ1v) is 5.85. The predicted molar refractivity (Wildman–Crippen MR) is 64.8 cm³/mol. The van der Waals surface area contributed by atoms with Crippen LogP contribution in [0.3, 0.4) is 0 Å². The van der Waals surface area contributed by atoms with Crippen molar-refractivity contribution in [2.75, 3.05) is 17.2 Å². The van der Waals surface area contributed by atoms with Crippen LogP contribution in [0.2, 0.25) is 5.02 Å². The summed E-state index contributed by atoms with van der Waals surface area (Å²) < 4.78 is 0. The highest BCUT2D eigenvalue weighted by atomic mass is 35.5. The van der Waals surface area contributed by atoms with Crippen LogP contribution < -0.4 is 4.90 Å². The molecule has 0 N–H and O–H groups in total. The third-order valence-electron chi connectivity index (χ3n) is 1.99. The Morgan fingerprint density at radius 2 is 2.13 bits per heavy atom. The van der Waals surface area contributed by atoms with Crippen molar-refractivity contribution in [3.05, 3.63) is 29.3 Å². The Morgan fingerprint density at radius 1 is 1.40 bits per heavy atom. The van der Waals surface area contributed by atoms with Gasteiger partial charge in [0, 0.05) is 10.8 Å². The first kappa shape index (κ1) is 10.5. The van der Waals surface area contributed by atoms with E-state index in [1.807, 2.05) is 0 Å². The Bertz CT molecular complexity index is 391. The average Bonchev–Trinajstić information content (AvgIpc) is 2.75. The van der Waals surface area contributed by atoms with Crippen LogP contribution in [0.1, 0.15) is 0 Å². The first-order chi connectivity index (χ1) is 7.31. The van der Waals surface area contributed by atoms with Gasteiger partial charge in [0.25, 0.3) is 0 Å². The van der Waals surface area contributed by atoms with Gasteiger partial charge in [0.05, 0.1) is 12.2 Å². The second-order valence-electron chi connectivity index (χ2n) is 2.96. The number of anilines is 1. The molecule has 0 fully saturated rings. The average molecular weight is 241 g/mol. The largest absolute Gasteiger partial charge is 0.278 e. The van der Waals surface area contributed by atoms with E-state index in [-0.39, 0.29) is 0 Å². The number of amides is 1. The fourth-order valence-electron chi connectivity index (χ4n) is 1.29. The van der Waals surface area contributed by atoms with Gasteiger partial charge in [0.1, 0.15) is 0 Å². The smallest absolute Gasteiger partial charge is 0.220 e. The van der Waals surface area contributed by atoms with Crippen LogP contribution in [-0.4, -0.2) is 23.9 Å². The van der Waals surface area contributed by atoms with Crippen molar-refractivity contribution in [3.63, 3.8) is 0 Å². The second kappa shape index (κ2) is 4.68. The summed E-state index contributed by atoms with van der Waals surface area (Å²) in [5, 5.41) is 1.41. The third-order valence-corrected chi connectivity index (χ3v) is 3.21. The fourth-order valence-corrected chi connectivity index (χ4v) is 2.25. The monoisotopic (exact) mass is 240 g/mol. The molecule has 15 heavy (non-hydrogen) atoms. The van der Waals surface area contributed by atoms with Crippen molar-refractivity contribution in [1.82, 2.24) is 0 Å². The Hall–Kier alpha value is -1.00. The number of carbonyl (C=O) groups excluding carboxylic acids is 1. The van der Waals surface area contributed by atoms with Gasteiger partial charge in [-0.15, -0.1) is 0 Å². The summed E-state index contributed by atoms with van der Waals surface area (Å²) in [6.07, 6.45) is 0.778. The standard InChI is InChI=1S/C10H9ClN2OS/c11-8-1-3-9(4-2-8)13(7-14)10-12-5-6-15-10/h1-4,7H,5-6H2. The van der Waals surface area contributed by atoms with Crippen molar-refractivity contribution in [2.45, 2.75) is 0 Å². The fraction of sp³-hybridized carbons (Fsp3) is 0.200. The maximum absolute atomic E-state index is 11.0. The Labute approximate surface area is 97.1 Å². The summed E-state index contributed by atoms with van der Waals surface area (Å²) in [7, 11) is 0. The van der Waals surface area contributed by atoms with Crippen LogP contribution >= 0.6 is 23.4 Å². The SMILES string of the molecule is O=CN(C1=NCCS1)c1ccc(Cl)cc1. The minimum atomic E-state index is 0.658. The number of rotatable bonds is 2. The molecule has 0 aliphatic carbocycles. The number of amidine groups is 1. The molecule has 0 unspecified atom stereocenters. The number of benzene rings is 1. The highest BCUT2D eigenvalue weighted by Crippen LogP contribution is 2.22. The lowest BCUT2D eigenvalue weighted by molar-refractivity contribution is -0.106. The zero-order valence-corrected chi connectivity index (χ0v) is 9.46. The van der Waals surface area contributed by atoms with E-state index in [2.05, 4.69) is 4.99 Å². The zero-order chi connectivity index (χ0) is 10.7. The first-order valence-electron chi connectivity index (χ1n) is 4.48. The molecule has 2 rings (SSSR count). The van der Waals surface area contributed by atoms with E-state index < -0.39 is 0 Å². The number of carbonyl (C=O) groups is 1. The van der Waals surface area contributed by atoms with E-state index in [9.17, 15) is 4.79 Å². The third kappa shape index (κ3) is 2.33. The summed E-state index contributed by atoms with van der Waals surface area (Å²) in [4.78, 5) is 16.8. The highest BCUT2D eigenvalue weighted by molar-refractivity contribution is 8.14. The van der Waals surface area contributed by atoms with Crippen LogP contribution in [0.4, 0.5) is 5.69 Å². The zero-order valence-electron chi connectivity index (χ0n) is 7.89. The summed E-state index contributed by atoms with van der Waals surface area (Å²) in [5.41, 5.74) is 0.794. The summed E-state index contributed by atoms with van der Waals surface area (Å²) >= 11 is 7.36. The van der Waals surface area contributed by atoms with Gasteiger partial charge in [0.15, 0.2) is 5.17 Å². The van der Waals surface area contributed by atoms with Crippen molar-refractivity contribution < 1.29 is 4.79 Å². The van der Waals surface area contributed by atoms with Crippen LogP contribution in [0.25, 0.3) is 0 Å². The number of thioether (sulfide) groups is 1. The van der Waals surface area contributed by atoms with Gasteiger partial charge in [-0.05, 0) is 24.3 Å². The molecule has 1 aromatic rings. The summed E-state index contributed by atoms with van der Waals surface area (Å²) in [6, 6.07) is 7.12. The second-order valence-corrected chi connectivity index (χ2v) is 4.46. The van der Waals surface area contributed by atoms with Gasteiger partial charge < -0.3 is 0 Å². The van der Waals surface area contributed by atoms with Gasteiger partial charge in [-0.2, -0.15) is 0 Å². The molecule has 5 heteroatoms. The van der Waals surface area contributed by atoms with Crippen molar-refractivity contribution in [3.8, 4) is 0 Å². The molecule has 1 amide bonds. The van der Waals surface area contributed by atoms with E-state index in [1.54, 1.807) is 36.0 Å². The lowest BCUT2D eigenvalue weighted by Gasteiger charge is -2.15. The Kier molecular flexibility index (Phi) is 3.28. The Balaban J connectivity index is 2.26. The van der Waals surface area contributed by atoms with Crippen LogP contribution in [0.15, 0.2) is 29.3 Å². The Morgan fingerprint density at radius 3 is 2.67 bits per heavy atom. The highest BCUT2D eigenvalue weighted by Gasteiger charge is 2.16. The summed E-state index contributed by atoms with van der Waals surface area (Å²) in [5.74, 6) is 0.938. The number of halogens is 1. The van der Waals surface area contributed by atoms with E-state index in [0.717, 1.165) is 29.6 Å². The van der Waals surface area contributed by atoms with E-state index in [1.165, 1.54) is 4.90 Å². The van der Waals surface area contributed by atoms with Crippen LogP contribution in [0, 0.1) is 0 Å². The molecular weight excluding hydrogens is 232 g/mol. The molecule has 0 saturated heterocycles. The molecule has 1 aliphatic rings. The lowest BCUT2D eigenvalue weighted by atomic mass is 10.3. The minimum Gasteiger partial charge on any atom is -0.278 e. The molecule has 0 aromatic heterocycles. The molecular formula is C10H9ClN2OS.